The number of nitrogens with zero attached hydrogens (tertiary/aromatic N) is 2. The van der Waals surface area contributed by atoms with Crippen molar-refractivity contribution in [2.75, 3.05) is 4.72 Å². The number of hydrogen-bond donors (Lipinski definition) is 2. The fraction of sp³-hybridized carbons (Fsp3) is 0.176. The summed E-state index contributed by atoms with van der Waals surface area (Å²) in [5.74, 6) is 0.959. The molecule has 0 aliphatic carbocycles. The Bertz CT molecular complexity index is 939. The molecular weight excluding hydrogens is 340 g/mol. The minimum atomic E-state index is -3.70. The third-order valence-electron chi connectivity index (χ3n) is 3.46. The van der Waals surface area contributed by atoms with Gasteiger partial charge in [-0.05, 0) is 23.8 Å². The van der Waals surface area contributed by atoms with E-state index in [1.54, 1.807) is 24.3 Å². The SMILES string of the molecule is CCc1noc(-c2cccc(NS(=O)(=O)NCc3ccccc3)c2)n1. The number of aromatic nitrogens is 2. The Morgan fingerprint density at radius 3 is 2.60 bits per heavy atom. The summed E-state index contributed by atoms with van der Waals surface area (Å²) in [6.07, 6.45) is 0.666. The van der Waals surface area contributed by atoms with Crippen LogP contribution in [0.5, 0.6) is 0 Å². The molecule has 7 nitrogen and oxygen atoms in total. The average molecular weight is 358 g/mol. The van der Waals surface area contributed by atoms with Gasteiger partial charge in [-0.25, -0.2) is 0 Å². The number of anilines is 1. The number of hydrogen-bond acceptors (Lipinski definition) is 5. The zero-order chi connectivity index (χ0) is 17.7. The molecule has 0 atom stereocenters. The molecule has 3 rings (SSSR count). The molecule has 2 N–H and O–H groups in total. The molecule has 0 aliphatic heterocycles. The van der Waals surface area contributed by atoms with Gasteiger partial charge < -0.3 is 4.52 Å². The molecule has 0 spiro atoms. The Morgan fingerprint density at radius 1 is 1.08 bits per heavy atom. The van der Waals surface area contributed by atoms with Crippen LogP contribution in [0.4, 0.5) is 5.69 Å². The van der Waals surface area contributed by atoms with Crippen LogP contribution in [0.15, 0.2) is 59.1 Å². The van der Waals surface area contributed by atoms with E-state index in [0.29, 0.717) is 29.4 Å². The number of aryl methyl sites for hydroxylation is 1. The highest BCUT2D eigenvalue weighted by atomic mass is 32.2. The fourth-order valence-corrected chi connectivity index (χ4v) is 3.06. The lowest BCUT2D eigenvalue weighted by atomic mass is 10.2. The molecule has 1 heterocycles. The van der Waals surface area contributed by atoms with Crippen LogP contribution in [0, 0.1) is 0 Å². The third-order valence-corrected chi connectivity index (χ3v) is 4.48. The van der Waals surface area contributed by atoms with Crippen LogP contribution in [0.3, 0.4) is 0 Å². The molecule has 0 unspecified atom stereocenters. The van der Waals surface area contributed by atoms with E-state index in [4.69, 9.17) is 4.52 Å². The van der Waals surface area contributed by atoms with Crippen molar-refractivity contribution in [2.45, 2.75) is 19.9 Å². The van der Waals surface area contributed by atoms with Crippen LogP contribution in [-0.4, -0.2) is 18.6 Å². The molecular formula is C17H18N4O3S. The van der Waals surface area contributed by atoms with Gasteiger partial charge >= 0.3 is 0 Å². The topological polar surface area (TPSA) is 97.1 Å². The molecule has 130 valence electrons. The summed E-state index contributed by atoms with van der Waals surface area (Å²) in [5.41, 5.74) is 1.93. The highest BCUT2D eigenvalue weighted by Gasteiger charge is 2.12. The van der Waals surface area contributed by atoms with Crippen molar-refractivity contribution in [3.63, 3.8) is 0 Å². The van der Waals surface area contributed by atoms with Crippen LogP contribution in [0.2, 0.25) is 0 Å². The van der Waals surface area contributed by atoms with Gasteiger partial charge in [0.05, 0.1) is 5.69 Å². The van der Waals surface area contributed by atoms with Crippen molar-refractivity contribution >= 4 is 15.9 Å². The van der Waals surface area contributed by atoms with Gasteiger partial charge in [-0.15, -0.1) is 0 Å². The second kappa shape index (κ2) is 7.45. The minimum absolute atomic E-state index is 0.208. The van der Waals surface area contributed by atoms with Gasteiger partial charge in [0.25, 0.3) is 16.1 Å². The maximum atomic E-state index is 12.2. The maximum absolute atomic E-state index is 12.2. The summed E-state index contributed by atoms with van der Waals surface area (Å²) in [5, 5.41) is 3.84. The first kappa shape index (κ1) is 17.1. The summed E-state index contributed by atoms with van der Waals surface area (Å²) < 4.78 is 34.6. The van der Waals surface area contributed by atoms with Crippen molar-refractivity contribution in [2.24, 2.45) is 0 Å². The van der Waals surface area contributed by atoms with Crippen molar-refractivity contribution in [1.29, 1.82) is 0 Å². The van der Waals surface area contributed by atoms with Crippen molar-refractivity contribution in [3.8, 4) is 11.5 Å². The van der Waals surface area contributed by atoms with Crippen LogP contribution >= 0.6 is 0 Å². The Kier molecular flexibility index (Phi) is 5.11. The van der Waals surface area contributed by atoms with E-state index in [2.05, 4.69) is 19.6 Å². The first-order valence-corrected chi connectivity index (χ1v) is 9.28. The predicted molar refractivity (Wildman–Crippen MR) is 94.9 cm³/mol. The van der Waals surface area contributed by atoms with Gasteiger partial charge in [-0.2, -0.15) is 18.1 Å². The third kappa shape index (κ3) is 4.65. The van der Waals surface area contributed by atoms with Gasteiger partial charge in [0.1, 0.15) is 0 Å². The largest absolute Gasteiger partial charge is 0.334 e. The van der Waals surface area contributed by atoms with E-state index in [9.17, 15) is 8.42 Å². The summed E-state index contributed by atoms with van der Waals surface area (Å²) in [7, 11) is -3.70. The Hall–Kier alpha value is -2.71. The van der Waals surface area contributed by atoms with Crippen molar-refractivity contribution in [3.05, 3.63) is 66.0 Å². The fourth-order valence-electron chi connectivity index (χ4n) is 2.20. The lowest BCUT2D eigenvalue weighted by Gasteiger charge is -2.10. The van der Waals surface area contributed by atoms with Gasteiger partial charge in [-0.3, -0.25) is 4.72 Å². The molecule has 0 radical (unpaired) electrons. The molecule has 8 heteroatoms. The average Bonchev–Trinajstić information content (AvgIpc) is 3.10. The summed E-state index contributed by atoms with van der Waals surface area (Å²) in [6, 6.07) is 16.1. The molecule has 0 aliphatic rings. The van der Waals surface area contributed by atoms with E-state index < -0.39 is 10.2 Å². The lowest BCUT2D eigenvalue weighted by Crippen LogP contribution is -2.29. The van der Waals surface area contributed by atoms with E-state index in [1.165, 1.54) is 0 Å². The molecule has 3 aromatic rings. The highest BCUT2D eigenvalue weighted by Crippen LogP contribution is 2.21. The Morgan fingerprint density at radius 2 is 1.88 bits per heavy atom. The van der Waals surface area contributed by atoms with E-state index in [0.717, 1.165) is 5.56 Å². The number of benzene rings is 2. The predicted octanol–water partition coefficient (Wildman–Crippen LogP) is 2.75. The molecule has 2 aromatic carbocycles. The van der Waals surface area contributed by atoms with Gasteiger partial charge in [-0.1, -0.05) is 48.5 Å². The first-order valence-electron chi connectivity index (χ1n) is 7.80. The molecule has 0 saturated carbocycles. The minimum Gasteiger partial charge on any atom is -0.334 e. The lowest BCUT2D eigenvalue weighted by molar-refractivity contribution is 0.423. The maximum Gasteiger partial charge on any atom is 0.299 e. The summed E-state index contributed by atoms with van der Waals surface area (Å²) >= 11 is 0. The number of nitrogens with one attached hydrogen (secondary N) is 2. The molecule has 0 saturated heterocycles. The Balaban J connectivity index is 1.70. The van der Waals surface area contributed by atoms with Crippen molar-refractivity contribution in [1.82, 2.24) is 14.9 Å². The second-order valence-electron chi connectivity index (χ2n) is 5.36. The number of rotatable bonds is 7. The van der Waals surface area contributed by atoms with Crippen LogP contribution in [0.1, 0.15) is 18.3 Å². The van der Waals surface area contributed by atoms with Crippen LogP contribution in [-0.2, 0) is 23.2 Å². The highest BCUT2D eigenvalue weighted by molar-refractivity contribution is 7.90. The standard InChI is InChI=1S/C17H18N4O3S/c1-2-16-19-17(24-20-16)14-9-6-10-15(11-14)21-25(22,23)18-12-13-7-4-3-5-8-13/h3-11,18,21H,2,12H2,1H3. The molecule has 0 fully saturated rings. The normalized spacial score (nSPS) is 11.4. The zero-order valence-electron chi connectivity index (χ0n) is 13.6. The summed E-state index contributed by atoms with van der Waals surface area (Å²) in [6.45, 7) is 2.14. The zero-order valence-corrected chi connectivity index (χ0v) is 14.5. The first-order chi connectivity index (χ1) is 12.1. The van der Waals surface area contributed by atoms with Crippen LogP contribution in [0.25, 0.3) is 11.5 Å². The van der Waals surface area contributed by atoms with E-state index in [1.807, 2.05) is 37.3 Å². The molecule has 25 heavy (non-hydrogen) atoms. The molecule has 0 amide bonds. The molecule has 1 aromatic heterocycles. The van der Waals surface area contributed by atoms with Gasteiger partial charge in [0.15, 0.2) is 5.82 Å². The Labute approximate surface area is 146 Å². The van der Waals surface area contributed by atoms with Crippen LogP contribution < -0.4 is 9.44 Å². The van der Waals surface area contributed by atoms with E-state index in [-0.39, 0.29) is 6.54 Å². The van der Waals surface area contributed by atoms with Gasteiger partial charge in [0.2, 0.25) is 0 Å². The van der Waals surface area contributed by atoms with Gasteiger partial charge in [0, 0.05) is 18.5 Å². The monoisotopic (exact) mass is 358 g/mol. The van der Waals surface area contributed by atoms with Crippen molar-refractivity contribution < 1.29 is 12.9 Å². The quantitative estimate of drug-likeness (QED) is 0.677. The van der Waals surface area contributed by atoms with E-state index >= 15 is 0 Å². The summed E-state index contributed by atoms with van der Waals surface area (Å²) in [4.78, 5) is 4.24. The molecule has 0 bridgehead atoms. The smallest absolute Gasteiger partial charge is 0.299 e. The second-order valence-corrected chi connectivity index (χ2v) is 6.86.